The van der Waals surface area contributed by atoms with Gasteiger partial charge in [0.15, 0.2) is 0 Å². The van der Waals surface area contributed by atoms with E-state index in [-0.39, 0.29) is 0 Å². The molecule has 3 nitrogen and oxygen atoms in total. The summed E-state index contributed by atoms with van der Waals surface area (Å²) in [5.41, 5.74) is -0.989. The molecule has 0 unspecified atom stereocenters. The van der Waals surface area contributed by atoms with E-state index in [4.69, 9.17) is 20.9 Å². The minimum Gasteiger partial charge on any atom is -0.401 e. The predicted molar refractivity (Wildman–Crippen MR) is 81.9 cm³/mol. The number of hydrogen-bond donors (Lipinski definition) is 1. The summed E-state index contributed by atoms with van der Waals surface area (Å²) in [4.78, 5) is 0. The minimum absolute atomic E-state index is 0.443. The summed E-state index contributed by atoms with van der Waals surface area (Å²) in [6.07, 6.45) is 0.445. The Kier molecular flexibility index (Phi) is 3.98. The second-order valence-electron chi connectivity index (χ2n) is 6.75. The average Bonchev–Trinajstić information content (AvgIpc) is 2.52. The zero-order valence-corrected chi connectivity index (χ0v) is 13.5. The van der Waals surface area contributed by atoms with E-state index in [9.17, 15) is 5.11 Å². The summed E-state index contributed by atoms with van der Waals surface area (Å²) in [5.74, 6) is 0. The van der Waals surface area contributed by atoms with Crippen molar-refractivity contribution in [2.75, 3.05) is 0 Å². The van der Waals surface area contributed by atoms with Gasteiger partial charge in [0, 0.05) is 5.02 Å². The second-order valence-corrected chi connectivity index (χ2v) is 7.19. The molecule has 0 amide bonds. The van der Waals surface area contributed by atoms with Gasteiger partial charge in [-0.25, -0.2) is 0 Å². The molecule has 110 valence electrons. The number of hydrogen-bond acceptors (Lipinski definition) is 3. The van der Waals surface area contributed by atoms with Crippen molar-refractivity contribution in [3.05, 3.63) is 34.9 Å². The third kappa shape index (κ3) is 3.04. The maximum atomic E-state index is 10.7. The Bertz CT molecular complexity index is 466. The number of aliphatic hydroxyl groups is 1. The average molecular weight is 297 g/mol. The first-order valence-corrected chi connectivity index (χ1v) is 7.24. The molecule has 1 aromatic carbocycles. The van der Waals surface area contributed by atoms with Gasteiger partial charge in [-0.3, -0.25) is 0 Å². The van der Waals surface area contributed by atoms with Gasteiger partial charge in [-0.15, -0.1) is 0 Å². The predicted octanol–water partition coefficient (Wildman–Crippen LogP) is 3.26. The maximum Gasteiger partial charge on any atom is 0.492 e. The Hall–Kier alpha value is -0.545. The Balaban J connectivity index is 2.13. The minimum atomic E-state index is -1.10. The van der Waals surface area contributed by atoms with Crippen LogP contribution in [0.25, 0.3) is 0 Å². The molecule has 1 N–H and O–H groups in total. The quantitative estimate of drug-likeness (QED) is 0.870. The fraction of sp³-hybridized carbons (Fsp3) is 0.600. The van der Waals surface area contributed by atoms with Crippen molar-refractivity contribution in [2.24, 2.45) is 0 Å². The van der Waals surface area contributed by atoms with Crippen molar-refractivity contribution in [3.8, 4) is 0 Å². The molecule has 2 rings (SSSR count). The molecule has 1 aliphatic heterocycles. The van der Waals surface area contributed by atoms with E-state index in [1.165, 1.54) is 0 Å². The van der Waals surface area contributed by atoms with E-state index < -0.39 is 23.8 Å². The van der Waals surface area contributed by atoms with Crippen LogP contribution in [0.5, 0.6) is 0 Å². The molecule has 0 spiro atoms. The summed E-state index contributed by atoms with van der Waals surface area (Å²) in [7, 11) is -0.650. The van der Waals surface area contributed by atoms with Gasteiger partial charge in [0.05, 0.1) is 11.2 Å². The van der Waals surface area contributed by atoms with Crippen LogP contribution in [-0.2, 0) is 15.7 Å². The molecule has 1 saturated heterocycles. The van der Waals surface area contributed by atoms with Crippen molar-refractivity contribution in [1.29, 1.82) is 0 Å². The Morgan fingerprint density at radius 3 is 2.00 bits per heavy atom. The number of benzene rings is 1. The topological polar surface area (TPSA) is 38.7 Å². The molecular formula is C15H22BClO3. The smallest absolute Gasteiger partial charge is 0.401 e. The lowest BCUT2D eigenvalue weighted by Gasteiger charge is -2.32. The largest absolute Gasteiger partial charge is 0.492 e. The van der Waals surface area contributed by atoms with Crippen molar-refractivity contribution < 1.29 is 14.4 Å². The van der Waals surface area contributed by atoms with Gasteiger partial charge in [0.1, 0.15) is 5.50 Å². The van der Waals surface area contributed by atoms with Crippen LogP contribution in [0.3, 0.4) is 0 Å². The highest BCUT2D eigenvalue weighted by Gasteiger charge is 2.57. The van der Waals surface area contributed by atoms with E-state index in [1.807, 2.05) is 52.0 Å². The van der Waals surface area contributed by atoms with Crippen molar-refractivity contribution in [3.63, 3.8) is 0 Å². The van der Waals surface area contributed by atoms with Crippen molar-refractivity contribution in [2.45, 2.75) is 57.7 Å². The fourth-order valence-corrected chi connectivity index (χ4v) is 2.32. The zero-order valence-electron chi connectivity index (χ0n) is 12.7. The maximum absolute atomic E-state index is 10.7. The summed E-state index contributed by atoms with van der Waals surface area (Å²) in [6.45, 7) is 9.65. The summed E-state index contributed by atoms with van der Waals surface area (Å²) in [5, 5.41) is 11.4. The second kappa shape index (κ2) is 5.02. The lowest BCUT2D eigenvalue weighted by atomic mass is 9.65. The van der Waals surface area contributed by atoms with Crippen LogP contribution in [0.2, 0.25) is 5.02 Å². The SMILES string of the molecule is CC1(C)OB([C@@](C)(O)Cc2ccc(Cl)cc2)OC1(C)C. The van der Waals surface area contributed by atoms with Gasteiger partial charge in [0.25, 0.3) is 0 Å². The van der Waals surface area contributed by atoms with Gasteiger partial charge in [0.2, 0.25) is 0 Å². The highest BCUT2D eigenvalue weighted by molar-refractivity contribution is 6.49. The highest BCUT2D eigenvalue weighted by atomic mass is 35.5. The zero-order chi connectivity index (χ0) is 15.2. The van der Waals surface area contributed by atoms with Crippen LogP contribution in [0, 0.1) is 0 Å². The van der Waals surface area contributed by atoms with E-state index in [0.717, 1.165) is 5.56 Å². The monoisotopic (exact) mass is 296 g/mol. The molecular weight excluding hydrogens is 274 g/mol. The molecule has 5 heteroatoms. The Morgan fingerprint density at radius 1 is 1.10 bits per heavy atom. The third-order valence-corrected chi connectivity index (χ3v) is 4.49. The third-order valence-electron chi connectivity index (χ3n) is 4.24. The van der Waals surface area contributed by atoms with E-state index >= 15 is 0 Å². The molecule has 0 bridgehead atoms. The van der Waals surface area contributed by atoms with Gasteiger partial charge in [-0.1, -0.05) is 23.7 Å². The summed E-state index contributed by atoms with van der Waals surface area (Å²) < 4.78 is 11.9. The van der Waals surface area contributed by atoms with Crippen LogP contribution >= 0.6 is 11.6 Å². The van der Waals surface area contributed by atoms with Gasteiger partial charge >= 0.3 is 7.12 Å². The highest BCUT2D eigenvalue weighted by Crippen LogP contribution is 2.40. The van der Waals surface area contributed by atoms with Crippen LogP contribution in [-0.4, -0.2) is 28.9 Å². The first kappa shape index (κ1) is 15.8. The lowest BCUT2D eigenvalue weighted by molar-refractivity contribution is 0.00578. The molecule has 1 aromatic rings. The van der Waals surface area contributed by atoms with Crippen LogP contribution in [0.15, 0.2) is 24.3 Å². The molecule has 0 aromatic heterocycles. The first-order chi connectivity index (χ1) is 9.03. The van der Waals surface area contributed by atoms with Crippen LogP contribution in [0.1, 0.15) is 40.2 Å². The number of halogens is 1. The molecule has 0 radical (unpaired) electrons. The Morgan fingerprint density at radius 2 is 1.55 bits per heavy atom. The van der Waals surface area contributed by atoms with Gasteiger partial charge in [-0.2, -0.15) is 0 Å². The van der Waals surface area contributed by atoms with Gasteiger partial charge < -0.3 is 14.4 Å². The summed E-state index contributed by atoms with van der Waals surface area (Å²) >= 11 is 5.87. The molecule has 1 aliphatic rings. The van der Waals surface area contributed by atoms with Crippen molar-refractivity contribution in [1.82, 2.24) is 0 Å². The van der Waals surface area contributed by atoms with Gasteiger partial charge in [-0.05, 0) is 58.7 Å². The standard InChI is InChI=1S/C15H22BClO3/c1-13(2)14(3,4)20-16(19-13)15(5,18)10-11-6-8-12(17)9-7-11/h6-9,18H,10H2,1-5H3/t15-/m0/s1. The molecule has 0 aliphatic carbocycles. The first-order valence-electron chi connectivity index (χ1n) is 6.86. The molecule has 1 heterocycles. The Labute approximate surface area is 126 Å². The van der Waals surface area contributed by atoms with Crippen molar-refractivity contribution >= 4 is 18.7 Å². The van der Waals surface area contributed by atoms with E-state index in [0.29, 0.717) is 11.4 Å². The molecule has 1 atom stereocenters. The normalized spacial score (nSPS) is 23.6. The van der Waals surface area contributed by atoms with Crippen LogP contribution < -0.4 is 0 Å². The summed E-state index contributed by atoms with van der Waals surface area (Å²) in [6, 6.07) is 7.44. The van der Waals surface area contributed by atoms with E-state index in [2.05, 4.69) is 0 Å². The van der Waals surface area contributed by atoms with E-state index in [1.54, 1.807) is 6.92 Å². The van der Waals surface area contributed by atoms with Crippen LogP contribution in [0.4, 0.5) is 0 Å². The lowest BCUT2D eigenvalue weighted by Crippen LogP contribution is -2.47. The molecule has 20 heavy (non-hydrogen) atoms. The fourth-order valence-electron chi connectivity index (χ4n) is 2.20. The number of rotatable bonds is 3. The molecule has 0 saturated carbocycles. The molecule has 1 fully saturated rings.